The molecule has 0 radical (unpaired) electrons. The van der Waals surface area contributed by atoms with Gasteiger partial charge in [0, 0.05) is 6.20 Å². The number of amides is 2. The Bertz CT molecular complexity index is 1100. The van der Waals surface area contributed by atoms with Gasteiger partial charge in [0.2, 0.25) is 0 Å². The van der Waals surface area contributed by atoms with Crippen LogP contribution in [0.4, 0.5) is 8.78 Å². The Balaban J connectivity index is 1.57. The van der Waals surface area contributed by atoms with Crippen LogP contribution in [0.15, 0.2) is 71.7 Å². The summed E-state index contributed by atoms with van der Waals surface area (Å²) in [6.07, 6.45) is 1.50. The topological polar surface area (TPSA) is 89.4 Å². The minimum atomic E-state index is -0.802. The summed E-state index contributed by atoms with van der Waals surface area (Å²) >= 11 is 0. The van der Waals surface area contributed by atoms with Crippen LogP contribution in [-0.2, 0) is 11.3 Å². The van der Waals surface area contributed by atoms with Crippen LogP contribution in [0.1, 0.15) is 15.9 Å². The molecule has 2 amide bonds. The molecule has 0 fully saturated rings. The fraction of sp³-hybridized carbons (Fsp3) is 0.0952. The maximum absolute atomic E-state index is 13.0. The highest BCUT2D eigenvalue weighted by Crippen LogP contribution is 2.10. The number of carbonyl (C=O) groups excluding carboxylic acids is 2. The predicted octanol–water partition coefficient (Wildman–Crippen LogP) is 2.01. The van der Waals surface area contributed by atoms with Crippen LogP contribution in [-0.4, -0.2) is 23.0 Å². The van der Waals surface area contributed by atoms with E-state index in [-0.39, 0.29) is 17.9 Å². The molecule has 0 bridgehead atoms. The third-order valence-corrected chi connectivity index (χ3v) is 4.03. The van der Waals surface area contributed by atoms with Crippen LogP contribution in [0.5, 0.6) is 5.75 Å². The summed E-state index contributed by atoms with van der Waals surface area (Å²) in [6.45, 7) is -0.270. The molecule has 0 saturated carbocycles. The van der Waals surface area contributed by atoms with Gasteiger partial charge in [-0.15, -0.1) is 0 Å². The van der Waals surface area contributed by atoms with Crippen LogP contribution in [0, 0.1) is 11.6 Å². The van der Waals surface area contributed by atoms with Crippen molar-refractivity contribution in [1.29, 1.82) is 0 Å². The average molecular weight is 413 g/mol. The Morgan fingerprint density at radius 3 is 2.20 bits per heavy atom. The van der Waals surface area contributed by atoms with Gasteiger partial charge in [0.1, 0.15) is 22.9 Å². The molecule has 3 aromatic rings. The fourth-order valence-corrected chi connectivity index (χ4v) is 2.53. The molecule has 7 nitrogen and oxygen atoms in total. The largest absolute Gasteiger partial charge is 0.484 e. The van der Waals surface area contributed by atoms with E-state index in [1.165, 1.54) is 71.4 Å². The molecule has 0 aliphatic rings. The first-order chi connectivity index (χ1) is 14.4. The zero-order valence-electron chi connectivity index (χ0n) is 15.6. The van der Waals surface area contributed by atoms with Crippen LogP contribution >= 0.6 is 0 Å². The van der Waals surface area contributed by atoms with E-state index in [2.05, 4.69) is 10.9 Å². The van der Waals surface area contributed by atoms with Crippen molar-refractivity contribution < 1.29 is 23.1 Å². The van der Waals surface area contributed by atoms with Crippen molar-refractivity contribution >= 4 is 11.8 Å². The number of hydrogen-bond donors (Lipinski definition) is 2. The first-order valence-corrected chi connectivity index (χ1v) is 8.84. The fourth-order valence-electron chi connectivity index (χ4n) is 2.53. The standard InChI is InChI=1S/C21H17F2N3O4/c22-15-5-3-14(4-6-15)12-26-11-1-2-18(21(26)29)20(28)25-24-19(27)13-30-17-9-7-16(23)8-10-17/h1-11H,12-13H2,(H,24,27)(H,25,28). The van der Waals surface area contributed by atoms with Gasteiger partial charge in [-0.05, 0) is 54.1 Å². The SMILES string of the molecule is O=C(COc1ccc(F)cc1)NNC(=O)c1cccn(Cc2ccc(F)cc2)c1=O. The number of halogens is 2. The molecule has 9 heteroatoms. The summed E-state index contributed by atoms with van der Waals surface area (Å²) in [4.78, 5) is 36.6. The lowest BCUT2D eigenvalue weighted by Crippen LogP contribution is -2.45. The number of hydrazine groups is 1. The Morgan fingerprint density at radius 2 is 1.53 bits per heavy atom. The molecule has 2 N–H and O–H groups in total. The highest BCUT2D eigenvalue weighted by atomic mass is 19.1. The summed E-state index contributed by atoms with van der Waals surface area (Å²) in [5.41, 5.74) is 4.21. The lowest BCUT2D eigenvalue weighted by Gasteiger charge is -2.10. The van der Waals surface area contributed by atoms with Gasteiger partial charge in [0.25, 0.3) is 17.4 Å². The number of hydrogen-bond acceptors (Lipinski definition) is 4. The summed E-state index contributed by atoms with van der Waals surface area (Å²) < 4.78 is 32.3. The molecule has 0 aliphatic carbocycles. The first kappa shape index (κ1) is 20.7. The van der Waals surface area contributed by atoms with Gasteiger partial charge in [-0.1, -0.05) is 12.1 Å². The number of ether oxygens (including phenoxy) is 1. The molecule has 1 aromatic heterocycles. The van der Waals surface area contributed by atoms with E-state index in [0.717, 1.165) is 0 Å². The van der Waals surface area contributed by atoms with Gasteiger partial charge in [-0.2, -0.15) is 0 Å². The number of carbonyl (C=O) groups is 2. The number of aromatic nitrogens is 1. The van der Waals surface area contributed by atoms with E-state index in [1.807, 2.05) is 0 Å². The zero-order chi connectivity index (χ0) is 21.5. The quantitative estimate of drug-likeness (QED) is 0.605. The van der Waals surface area contributed by atoms with Crippen molar-refractivity contribution in [2.45, 2.75) is 6.54 Å². The van der Waals surface area contributed by atoms with E-state index in [9.17, 15) is 23.2 Å². The molecule has 0 saturated heterocycles. The van der Waals surface area contributed by atoms with Gasteiger partial charge in [0.05, 0.1) is 6.54 Å². The van der Waals surface area contributed by atoms with Gasteiger partial charge in [-0.3, -0.25) is 25.2 Å². The third-order valence-electron chi connectivity index (χ3n) is 4.03. The van der Waals surface area contributed by atoms with E-state index >= 15 is 0 Å². The molecule has 0 atom stereocenters. The maximum atomic E-state index is 13.0. The number of nitrogens with zero attached hydrogens (tertiary/aromatic N) is 1. The third kappa shape index (κ3) is 5.51. The van der Waals surface area contributed by atoms with Gasteiger partial charge in [0.15, 0.2) is 6.61 Å². The molecule has 30 heavy (non-hydrogen) atoms. The smallest absolute Gasteiger partial charge is 0.276 e. The lowest BCUT2D eigenvalue weighted by atomic mass is 10.2. The average Bonchev–Trinajstić information content (AvgIpc) is 2.74. The van der Waals surface area contributed by atoms with E-state index in [4.69, 9.17) is 4.74 Å². The second-order valence-corrected chi connectivity index (χ2v) is 6.23. The molecule has 1 heterocycles. The highest BCUT2D eigenvalue weighted by Gasteiger charge is 2.13. The van der Waals surface area contributed by atoms with Crippen molar-refractivity contribution in [3.8, 4) is 5.75 Å². The van der Waals surface area contributed by atoms with Crippen LogP contribution in [0.3, 0.4) is 0 Å². The Hall–Kier alpha value is -4.01. The second kappa shape index (κ2) is 9.46. The van der Waals surface area contributed by atoms with E-state index in [0.29, 0.717) is 5.56 Å². The van der Waals surface area contributed by atoms with E-state index in [1.54, 1.807) is 0 Å². The number of rotatable bonds is 6. The molecular weight excluding hydrogens is 396 g/mol. The Morgan fingerprint density at radius 1 is 0.900 bits per heavy atom. The minimum Gasteiger partial charge on any atom is -0.484 e. The molecule has 2 aromatic carbocycles. The number of nitrogens with one attached hydrogen (secondary N) is 2. The van der Waals surface area contributed by atoms with Crippen molar-refractivity contribution in [1.82, 2.24) is 15.4 Å². The number of pyridine rings is 1. The normalized spacial score (nSPS) is 10.3. The van der Waals surface area contributed by atoms with Crippen molar-refractivity contribution in [3.63, 3.8) is 0 Å². The predicted molar refractivity (Wildman–Crippen MR) is 104 cm³/mol. The highest BCUT2D eigenvalue weighted by molar-refractivity contribution is 5.95. The van der Waals surface area contributed by atoms with Crippen molar-refractivity contribution in [2.24, 2.45) is 0 Å². The molecule has 154 valence electrons. The molecule has 0 aliphatic heterocycles. The van der Waals surface area contributed by atoms with Crippen molar-refractivity contribution in [3.05, 3.63) is 100.0 Å². The summed E-state index contributed by atoms with van der Waals surface area (Å²) in [5, 5.41) is 0. The van der Waals surface area contributed by atoms with Crippen LogP contribution in [0.2, 0.25) is 0 Å². The van der Waals surface area contributed by atoms with Gasteiger partial charge in [-0.25, -0.2) is 8.78 Å². The summed E-state index contributed by atoms with van der Waals surface area (Å²) in [6, 6.07) is 13.5. The first-order valence-electron chi connectivity index (χ1n) is 8.84. The summed E-state index contributed by atoms with van der Waals surface area (Å²) in [7, 11) is 0. The maximum Gasteiger partial charge on any atom is 0.276 e. The van der Waals surface area contributed by atoms with Gasteiger partial charge >= 0.3 is 0 Å². The Labute approximate surface area is 169 Å². The summed E-state index contributed by atoms with van der Waals surface area (Å²) in [5.74, 6) is -2.02. The Kier molecular flexibility index (Phi) is 6.53. The van der Waals surface area contributed by atoms with Crippen LogP contribution in [0.25, 0.3) is 0 Å². The van der Waals surface area contributed by atoms with E-state index < -0.39 is 35.6 Å². The van der Waals surface area contributed by atoms with Crippen LogP contribution < -0.4 is 21.1 Å². The molecule has 3 rings (SSSR count). The lowest BCUT2D eigenvalue weighted by molar-refractivity contribution is -0.123. The monoisotopic (exact) mass is 413 g/mol. The molecule has 0 spiro atoms. The van der Waals surface area contributed by atoms with Gasteiger partial charge < -0.3 is 9.30 Å². The minimum absolute atomic E-state index is 0.151. The molecular formula is C21H17F2N3O4. The van der Waals surface area contributed by atoms with Crippen molar-refractivity contribution in [2.75, 3.05) is 6.61 Å². The molecule has 0 unspecified atom stereocenters. The number of benzene rings is 2. The zero-order valence-corrected chi connectivity index (χ0v) is 15.6. The second-order valence-electron chi connectivity index (χ2n) is 6.23.